The summed E-state index contributed by atoms with van der Waals surface area (Å²) >= 11 is 7.29. The number of amides is 1. The number of halogens is 1. The van der Waals surface area contributed by atoms with E-state index in [0.717, 1.165) is 29.3 Å². The van der Waals surface area contributed by atoms with Crippen molar-refractivity contribution in [2.24, 2.45) is 0 Å². The number of anilines is 1. The summed E-state index contributed by atoms with van der Waals surface area (Å²) in [5.41, 5.74) is 1.96. The zero-order valence-corrected chi connectivity index (χ0v) is 20.2. The maximum atomic E-state index is 13.0. The van der Waals surface area contributed by atoms with Crippen LogP contribution in [0.1, 0.15) is 41.8 Å². The van der Waals surface area contributed by atoms with Crippen LogP contribution in [0.2, 0.25) is 5.02 Å². The number of fused-ring (bicyclic) bond motifs is 1. The molecule has 5 nitrogen and oxygen atoms in total. The number of carbonyl (C=O) groups excluding carboxylic acids is 1. The zero-order chi connectivity index (χ0) is 22.7. The summed E-state index contributed by atoms with van der Waals surface area (Å²) < 4.78 is 28.1. The van der Waals surface area contributed by atoms with Gasteiger partial charge < -0.3 is 5.32 Å². The minimum absolute atomic E-state index is 0.0914. The predicted molar refractivity (Wildman–Crippen MR) is 132 cm³/mol. The van der Waals surface area contributed by atoms with E-state index in [1.54, 1.807) is 24.3 Å². The molecule has 168 valence electrons. The van der Waals surface area contributed by atoms with Gasteiger partial charge in [0, 0.05) is 23.3 Å². The quantitative estimate of drug-likeness (QED) is 0.415. The van der Waals surface area contributed by atoms with Crippen LogP contribution >= 0.6 is 22.9 Å². The van der Waals surface area contributed by atoms with Gasteiger partial charge in [-0.25, -0.2) is 8.42 Å². The van der Waals surface area contributed by atoms with Crippen molar-refractivity contribution in [3.63, 3.8) is 0 Å². The van der Waals surface area contributed by atoms with Crippen molar-refractivity contribution < 1.29 is 13.2 Å². The molecule has 32 heavy (non-hydrogen) atoms. The Morgan fingerprint density at radius 3 is 2.62 bits per heavy atom. The lowest BCUT2D eigenvalue weighted by atomic mass is 9.97. The van der Waals surface area contributed by atoms with Crippen LogP contribution in [-0.4, -0.2) is 27.9 Å². The fourth-order valence-corrected chi connectivity index (χ4v) is 6.07. The van der Waals surface area contributed by atoms with E-state index < -0.39 is 10.0 Å². The van der Waals surface area contributed by atoms with Crippen molar-refractivity contribution in [3.8, 4) is 0 Å². The first kappa shape index (κ1) is 22.8. The van der Waals surface area contributed by atoms with Crippen LogP contribution in [-0.2, 0) is 10.0 Å². The van der Waals surface area contributed by atoms with Gasteiger partial charge in [-0.1, -0.05) is 23.3 Å². The maximum absolute atomic E-state index is 13.0. The molecule has 8 heteroatoms. The molecule has 2 aromatic carbocycles. The molecule has 0 aliphatic heterocycles. The molecule has 0 radical (unpaired) electrons. The Bertz CT molecular complexity index is 1260. The number of nitrogens with one attached hydrogen (secondary N) is 1. The highest BCUT2D eigenvalue weighted by Gasteiger charge is 2.22. The summed E-state index contributed by atoms with van der Waals surface area (Å²) in [4.78, 5) is 13.4. The standard InChI is InChI=1S/C24H25ClN2O3S2/c1-27(32(29,30)21-10-7-19(25)8-11-21)20-9-12-22-18(15-20)16-23(31-22)24(28)26-14-13-17-5-3-2-4-6-17/h5,7-12,15-16H,2-4,6,13-14H2,1H3,(H,26,28). The molecule has 0 atom stereocenters. The molecule has 1 aliphatic rings. The highest BCUT2D eigenvalue weighted by atomic mass is 35.5. The van der Waals surface area contributed by atoms with Crippen LogP contribution in [0.15, 0.2) is 65.1 Å². The number of nitrogens with zero attached hydrogens (tertiary/aromatic N) is 1. The molecule has 1 amide bonds. The van der Waals surface area contributed by atoms with Gasteiger partial charge in [-0.3, -0.25) is 9.10 Å². The lowest BCUT2D eigenvalue weighted by Gasteiger charge is -2.19. The molecule has 0 unspecified atom stereocenters. The minimum Gasteiger partial charge on any atom is -0.351 e. The van der Waals surface area contributed by atoms with Gasteiger partial charge in [0.2, 0.25) is 0 Å². The molecule has 0 spiro atoms. The first-order valence-electron chi connectivity index (χ1n) is 10.6. The lowest BCUT2D eigenvalue weighted by Crippen LogP contribution is -2.26. The van der Waals surface area contributed by atoms with E-state index in [1.165, 1.54) is 53.2 Å². The molecule has 0 fully saturated rings. The highest BCUT2D eigenvalue weighted by Crippen LogP contribution is 2.31. The molecule has 1 aromatic heterocycles. The number of hydrogen-bond donors (Lipinski definition) is 1. The largest absolute Gasteiger partial charge is 0.351 e. The Kier molecular flexibility index (Phi) is 6.88. The zero-order valence-electron chi connectivity index (χ0n) is 17.8. The Hall–Kier alpha value is -2.35. The summed E-state index contributed by atoms with van der Waals surface area (Å²) in [5, 5.41) is 4.33. The molecular formula is C24H25ClN2O3S2. The van der Waals surface area contributed by atoms with E-state index in [-0.39, 0.29) is 10.8 Å². The Labute approximate surface area is 197 Å². The van der Waals surface area contributed by atoms with Gasteiger partial charge in [-0.2, -0.15) is 0 Å². The third kappa shape index (κ3) is 5.00. The molecule has 3 aromatic rings. The van der Waals surface area contributed by atoms with Crippen LogP contribution in [0.4, 0.5) is 5.69 Å². The molecule has 0 bridgehead atoms. The third-order valence-corrected chi connectivity index (χ3v) is 8.84. The summed E-state index contributed by atoms with van der Waals surface area (Å²) in [6.45, 7) is 0.631. The second kappa shape index (κ2) is 9.65. The van der Waals surface area contributed by atoms with Gasteiger partial charge in [-0.15, -0.1) is 11.3 Å². The van der Waals surface area contributed by atoms with Gasteiger partial charge in [0.15, 0.2) is 0 Å². The predicted octanol–water partition coefficient (Wildman–Crippen LogP) is 6.00. The molecule has 0 saturated heterocycles. The van der Waals surface area contributed by atoms with Crippen LogP contribution in [0, 0.1) is 0 Å². The topological polar surface area (TPSA) is 66.5 Å². The fourth-order valence-electron chi connectivity index (χ4n) is 3.80. The third-order valence-electron chi connectivity index (χ3n) is 5.68. The van der Waals surface area contributed by atoms with E-state index in [2.05, 4.69) is 11.4 Å². The van der Waals surface area contributed by atoms with E-state index in [1.807, 2.05) is 12.1 Å². The van der Waals surface area contributed by atoms with E-state index in [9.17, 15) is 13.2 Å². The van der Waals surface area contributed by atoms with Gasteiger partial charge in [0.1, 0.15) is 0 Å². The molecule has 1 aliphatic carbocycles. The second-order valence-corrected chi connectivity index (χ2v) is 11.4. The summed E-state index contributed by atoms with van der Waals surface area (Å²) in [6.07, 6.45) is 7.97. The van der Waals surface area contributed by atoms with E-state index in [4.69, 9.17) is 11.6 Å². The van der Waals surface area contributed by atoms with Crippen LogP contribution < -0.4 is 9.62 Å². The Morgan fingerprint density at radius 1 is 1.12 bits per heavy atom. The van der Waals surface area contributed by atoms with Crippen LogP contribution in [0.3, 0.4) is 0 Å². The van der Waals surface area contributed by atoms with Gasteiger partial charge in [0.25, 0.3) is 15.9 Å². The summed E-state index contributed by atoms with van der Waals surface area (Å²) in [7, 11) is -2.20. The Balaban J connectivity index is 1.48. The number of hydrogen-bond acceptors (Lipinski definition) is 4. The number of rotatable bonds is 7. The molecule has 1 heterocycles. The smallest absolute Gasteiger partial charge is 0.264 e. The Morgan fingerprint density at radius 2 is 1.91 bits per heavy atom. The van der Waals surface area contributed by atoms with Gasteiger partial charge >= 0.3 is 0 Å². The molecule has 1 N–H and O–H groups in total. The van der Waals surface area contributed by atoms with Gasteiger partial charge in [0.05, 0.1) is 15.5 Å². The van der Waals surface area contributed by atoms with Crippen molar-refractivity contribution >= 4 is 54.6 Å². The average Bonchev–Trinajstić information content (AvgIpc) is 3.23. The summed E-state index contributed by atoms with van der Waals surface area (Å²) in [6, 6.07) is 13.3. The monoisotopic (exact) mass is 488 g/mol. The average molecular weight is 489 g/mol. The van der Waals surface area contributed by atoms with Crippen molar-refractivity contribution in [1.29, 1.82) is 0 Å². The number of benzene rings is 2. The molecule has 4 rings (SSSR count). The van der Waals surface area contributed by atoms with E-state index in [0.29, 0.717) is 22.1 Å². The first-order valence-corrected chi connectivity index (χ1v) is 13.2. The highest BCUT2D eigenvalue weighted by molar-refractivity contribution is 7.92. The summed E-state index contributed by atoms with van der Waals surface area (Å²) in [5.74, 6) is -0.0914. The van der Waals surface area contributed by atoms with Gasteiger partial charge in [-0.05, 0) is 86.0 Å². The van der Waals surface area contributed by atoms with Crippen LogP contribution in [0.5, 0.6) is 0 Å². The van der Waals surface area contributed by atoms with Crippen molar-refractivity contribution in [1.82, 2.24) is 5.32 Å². The number of thiophene rings is 1. The van der Waals surface area contributed by atoms with Crippen molar-refractivity contribution in [2.45, 2.75) is 37.0 Å². The number of carbonyl (C=O) groups is 1. The first-order chi connectivity index (χ1) is 15.3. The molecular weight excluding hydrogens is 464 g/mol. The molecule has 0 saturated carbocycles. The van der Waals surface area contributed by atoms with Crippen LogP contribution in [0.25, 0.3) is 10.1 Å². The SMILES string of the molecule is CN(c1ccc2sc(C(=O)NCCC3=CCCCC3)cc2c1)S(=O)(=O)c1ccc(Cl)cc1. The van der Waals surface area contributed by atoms with Crippen molar-refractivity contribution in [2.75, 3.05) is 17.9 Å². The normalized spacial score (nSPS) is 14.2. The minimum atomic E-state index is -3.72. The van der Waals surface area contributed by atoms with E-state index >= 15 is 0 Å². The lowest BCUT2D eigenvalue weighted by molar-refractivity contribution is 0.0958. The maximum Gasteiger partial charge on any atom is 0.264 e. The second-order valence-electron chi connectivity index (χ2n) is 7.87. The number of allylic oxidation sites excluding steroid dienone is 1. The number of sulfonamides is 1. The van der Waals surface area contributed by atoms with Crippen molar-refractivity contribution in [3.05, 3.63) is 70.1 Å². The fraction of sp³-hybridized carbons (Fsp3) is 0.292.